The monoisotopic (exact) mass is 334 g/mol. The van der Waals surface area contributed by atoms with Crippen LogP contribution in [-0.4, -0.2) is 44.6 Å². The van der Waals surface area contributed by atoms with Crippen LogP contribution >= 0.6 is 11.3 Å². The van der Waals surface area contributed by atoms with Crippen LogP contribution in [0, 0.1) is 6.92 Å². The highest BCUT2D eigenvalue weighted by atomic mass is 32.1. The van der Waals surface area contributed by atoms with E-state index in [1.807, 2.05) is 4.90 Å². The van der Waals surface area contributed by atoms with Gasteiger partial charge < -0.3 is 14.2 Å². The Morgan fingerprint density at radius 3 is 2.87 bits per heavy atom. The average Bonchev–Trinajstić information content (AvgIpc) is 3.28. The predicted octanol–water partition coefficient (Wildman–Crippen LogP) is 2.36. The molecule has 122 valence electrons. The van der Waals surface area contributed by atoms with Crippen molar-refractivity contribution in [2.45, 2.75) is 44.3 Å². The maximum atomic E-state index is 12.3. The number of ether oxygens (including phenoxy) is 1. The largest absolute Gasteiger partial charge is 0.362 e. The number of aromatic nitrogens is 3. The molecule has 2 fully saturated rings. The van der Waals surface area contributed by atoms with Crippen molar-refractivity contribution in [3.63, 3.8) is 0 Å². The molecule has 0 radical (unpaired) electrons. The van der Waals surface area contributed by atoms with Gasteiger partial charge in [-0.2, -0.15) is 4.98 Å². The summed E-state index contributed by atoms with van der Waals surface area (Å²) in [5.41, 5.74) is 2.07. The zero-order chi connectivity index (χ0) is 15.9. The van der Waals surface area contributed by atoms with E-state index in [0.29, 0.717) is 30.5 Å². The number of rotatable bonds is 2. The highest BCUT2D eigenvalue weighted by molar-refractivity contribution is 7.07. The topological polar surface area (TPSA) is 81.4 Å². The minimum Gasteiger partial charge on any atom is -0.362 e. The predicted molar refractivity (Wildman–Crippen MR) is 82.1 cm³/mol. The van der Waals surface area contributed by atoms with E-state index in [4.69, 9.17) is 9.26 Å². The van der Waals surface area contributed by atoms with Gasteiger partial charge in [0, 0.05) is 18.5 Å². The number of amides is 1. The Morgan fingerprint density at radius 1 is 1.39 bits per heavy atom. The van der Waals surface area contributed by atoms with E-state index in [2.05, 4.69) is 15.1 Å². The molecule has 2 aliphatic heterocycles. The fourth-order valence-electron chi connectivity index (χ4n) is 3.40. The Bertz CT molecular complexity index is 691. The molecule has 8 heteroatoms. The van der Waals surface area contributed by atoms with Crippen LogP contribution in [0.2, 0.25) is 0 Å². The number of hydrogen-bond donors (Lipinski definition) is 0. The van der Waals surface area contributed by atoms with Crippen LogP contribution in [0.15, 0.2) is 15.4 Å². The van der Waals surface area contributed by atoms with E-state index in [9.17, 15) is 4.79 Å². The molecule has 1 spiro atoms. The van der Waals surface area contributed by atoms with E-state index in [0.717, 1.165) is 25.7 Å². The lowest BCUT2D eigenvalue weighted by Gasteiger charge is -2.38. The van der Waals surface area contributed by atoms with E-state index in [-0.39, 0.29) is 17.6 Å². The molecule has 0 aliphatic carbocycles. The summed E-state index contributed by atoms with van der Waals surface area (Å²) in [6.07, 6.45) is 3.43. The first-order valence-electron chi connectivity index (χ1n) is 7.81. The molecule has 2 aromatic rings. The Labute approximate surface area is 137 Å². The maximum Gasteiger partial charge on any atom is 0.273 e. The van der Waals surface area contributed by atoms with Crippen LogP contribution in [-0.2, 0) is 4.74 Å². The molecule has 4 rings (SSSR count). The molecule has 0 bridgehead atoms. The zero-order valence-electron chi connectivity index (χ0n) is 12.9. The van der Waals surface area contributed by atoms with Crippen molar-refractivity contribution < 1.29 is 14.1 Å². The first-order chi connectivity index (χ1) is 11.2. The number of carbonyl (C=O) groups is 1. The number of piperidine rings is 1. The fraction of sp³-hybridized carbons (Fsp3) is 0.600. The van der Waals surface area contributed by atoms with Crippen LogP contribution in [0.5, 0.6) is 0 Å². The van der Waals surface area contributed by atoms with Gasteiger partial charge in [-0.3, -0.25) is 4.79 Å². The molecule has 2 aromatic heterocycles. The van der Waals surface area contributed by atoms with Crippen molar-refractivity contribution in [3.8, 4) is 0 Å². The van der Waals surface area contributed by atoms with Crippen LogP contribution < -0.4 is 0 Å². The van der Waals surface area contributed by atoms with Gasteiger partial charge in [-0.1, -0.05) is 5.16 Å². The molecule has 7 nitrogen and oxygen atoms in total. The number of thiazole rings is 1. The smallest absolute Gasteiger partial charge is 0.273 e. The summed E-state index contributed by atoms with van der Waals surface area (Å²) in [6.45, 7) is 3.21. The third kappa shape index (κ3) is 2.76. The molecule has 2 saturated heterocycles. The summed E-state index contributed by atoms with van der Waals surface area (Å²) in [6, 6.07) is 0. The Kier molecular flexibility index (Phi) is 3.65. The lowest BCUT2D eigenvalue weighted by Crippen LogP contribution is -2.46. The summed E-state index contributed by atoms with van der Waals surface area (Å²) >= 11 is 1.44. The standard InChI is InChI=1S/C15H18N4O3S/c1-10-17-13(22-18-10)12-2-3-15(21-12)4-6-19(7-5-15)14(20)11-8-23-9-16-11/h8-9,12H,2-7H2,1H3/t12-/m0/s1. The second-order valence-electron chi connectivity index (χ2n) is 6.17. The summed E-state index contributed by atoms with van der Waals surface area (Å²) in [5, 5.41) is 5.63. The average molecular weight is 334 g/mol. The number of hydrogen-bond acceptors (Lipinski definition) is 7. The zero-order valence-corrected chi connectivity index (χ0v) is 13.7. The second-order valence-corrected chi connectivity index (χ2v) is 6.89. The van der Waals surface area contributed by atoms with Gasteiger partial charge in [0.15, 0.2) is 5.82 Å². The van der Waals surface area contributed by atoms with E-state index in [1.165, 1.54) is 11.3 Å². The molecule has 23 heavy (non-hydrogen) atoms. The van der Waals surface area contributed by atoms with Crippen molar-refractivity contribution in [1.29, 1.82) is 0 Å². The minimum absolute atomic E-state index is 0.0168. The molecule has 1 atom stereocenters. The van der Waals surface area contributed by atoms with Gasteiger partial charge in [-0.15, -0.1) is 11.3 Å². The normalized spacial score (nSPS) is 23.5. The SMILES string of the molecule is Cc1noc([C@@H]2CCC3(CCN(C(=O)c4cscn4)CC3)O2)n1. The summed E-state index contributed by atoms with van der Waals surface area (Å²) in [4.78, 5) is 22.6. The molecule has 1 amide bonds. The maximum absolute atomic E-state index is 12.3. The van der Waals surface area contributed by atoms with Crippen molar-refractivity contribution >= 4 is 17.2 Å². The Balaban J connectivity index is 1.39. The van der Waals surface area contributed by atoms with Crippen LogP contribution in [0.25, 0.3) is 0 Å². The van der Waals surface area contributed by atoms with Crippen LogP contribution in [0.3, 0.4) is 0 Å². The Hall–Kier alpha value is -1.80. The second kappa shape index (κ2) is 5.68. The van der Waals surface area contributed by atoms with Gasteiger partial charge in [-0.05, 0) is 32.6 Å². The van der Waals surface area contributed by atoms with Crippen molar-refractivity contribution in [3.05, 3.63) is 28.3 Å². The fourth-order valence-corrected chi connectivity index (χ4v) is 3.92. The molecular formula is C15H18N4O3S. The number of likely N-dealkylation sites (tertiary alicyclic amines) is 1. The molecule has 0 aromatic carbocycles. The minimum atomic E-state index is -0.161. The first kappa shape index (κ1) is 14.8. The molecule has 0 saturated carbocycles. The molecular weight excluding hydrogens is 316 g/mol. The number of carbonyl (C=O) groups excluding carboxylic acids is 1. The summed E-state index contributed by atoms with van der Waals surface area (Å²) < 4.78 is 11.5. The third-order valence-electron chi connectivity index (χ3n) is 4.69. The van der Waals surface area contributed by atoms with Crippen molar-refractivity contribution in [1.82, 2.24) is 20.0 Å². The van der Waals surface area contributed by atoms with Crippen LogP contribution in [0.1, 0.15) is 54.0 Å². The van der Waals surface area contributed by atoms with Crippen molar-refractivity contribution in [2.24, 2.45) is 0 Å². The van der Waals surface area contributed by atoms with Gasteiger partial charge in [0.1, 0.15) is 11.8 Å². The highest BCUT2D eigenvalue weighted by Gasteiger charge is 2.45. The first-order valence-corrected chi connectivity index (χ1v) is 8.75. The molecule has 0 N–H and O–H groups in total. The lowest BCUT2D eigenvalue weighted by molar-refractivity contribution is -0.0820. The summed E-state index contributed by atoms with van der Waals surface area (Å²) in [7, 11) is 0. The number of nitrogens with zero attached hydrogens (tertiary/aromatic N) is 4. The van der Waals surface area contributed by atoms with Gasteiger partial charge >= 0.3 is 0 Å². The molecule has 0 unspecified atom stereocenters. The van der Waals surface area contributed by atoms with E-state index >= 15 is 0 Å². The Morgan fingerprint density at radius 2 is 2.22 bits per heavy atom. The van der Waals surface area contributed by atoms with Crippen LogP contribution in [0.4, 0.5) is 0 Å². The van der Waals surface area contributed by atoms with E-state index in [1.54, 1.807) is 17.8 Å². The third-order valence-corrected chi connectivity index (χ3v) is 5.27. The van der Waals surface area contributed by atoms with Gasteiger partial charge in [0.05, 0.1) is 11.1 Å². The highest BCUT2D eigenvalue weighted by Crippen LogP contribution is 2.44. The van der Waals surface area contributed by atoms with Gasteiger partial charge in [-0.25, -0.2) is 4.98 Å². The van der Waals surface area contributed by atoms with Gasteiger partial charge in [0.2, 0.25) is 0 Å². The van der Waals surface area contributed by atoms with Crippen molar-refractivity contribution in [2.75, 3.05) is 13.1 Å². The lowest BCUT2D eigenvalue weighted by atomic mass is 9.88. The quantitative estimate of drug-likeness (QED) is 0.838. The summed E-state index contributed by atoms with van der Waals surface area (Å²) in [5.74, 6) is 1.22. The molecule has 2 aliphatic rings. The van der Waals surface area contributed by atoms with Gasteiger partial charge in [0.25, 0.3) is 11.8 Å². The molecule has 4 heterocycles. The van der Waals surface area contributed by atoms with E-state index < -0.39 is 0 Å². The number of aryl methyl sites for hydroxylation is 1.